The molecule has 1 aromatic rings. The topological polar surface area (TPSA) is 30.0 Å². The molecule has 0 bridgehead atoms. The highest BCUT2D eigenvalue weighted by Crippen LogP contribution is 2.21. The van der Waals surface area contributed by atoms with Crippen molar-refractivity contribution in [3.05, 3.63) is 28.6 Å². The first-order chi connectivity index (χ1) is 6.60. The summed E-state index contributed by atoms with van der Waals surface area (Å²) in [7, 11) is 0. The third-order valence-electron chi connectivity index (χ3n) is 1.83. The summed E-state index contributed by atoms with van der Waals surface area (Å²) in [6, 6.07) is 1.20. The summed E-state index contributed by atoms with van der Waals surface area (Å²) in [5.74, 6) is -0.0462. The molecule has 5 heteroatoms. The molecular weight excluding hydrogens is 212 g/mol. The minimum Gasteiger partial charge on any atom is -0.298 e. The van der Waals surface area contributed by atoms with E-state index in [1.807, 2.05) is 0 Å². The second-order valence-electron chi connectivity index (χ2n) is 2.78. The van der Waals surface area contributed by atoms with Crippen LogP contribution in [-0.4, -0.2) is 11.3 Å². The summed E-state index contributed by atoms with van der Waals surface area (Å²) < 4.78 is 24.6. The first kappa shape index (κ1) is 11.0. The minimum atomic E-state index is -2.64. The molecule has 1 rings (SSSR count). The van der Waals surface area contributed by atoms with Gasteiger partial charge in [0.1, 0.15) is 5.69 Å². The summed E-state index contributed by atoms with van der Waals surface area (Å²) in [6.45, 7) is 1.58. The Morgan fingerprint density at radius 1 is 1.64 bits per heavy atom. The number of carbonyl (C=O) groups is 1. The van der Waals surface area contributed by atoms with E-state index in [1.54, 1.807) is 6.92 Å². The molecule has 1 heterocycles. The van der Waals surface area contributed by atoms with Gasteiger partial charge in [0.05, 0.1) is 11.6 Å². The van der Waals surface area contributed by atoms with Gasteiger partial charge < -0.3 is 0 Å². The molecule has 1 aromatic heterocycles. The van der Waals surface area contributed by atoms with Gasteiger partial charge in [-0.3, -0.25) is 4.79 Å². The van der Waals surface area contributed by atoms with Crippen LogP contribution in [0.2, 0.25) is 0 Å². The van der Waals surface area contributed by atoms with Gasteiger partial charge in [0.2, 0.25) is 0 Å². The van der Waals surface area contributed by atoms with Crippen LogP contribution in [0.25, 0.3) is 0 Å². The van der Waals surface area contributed by atoms with Crippen molar-refractivity contribution in [2.24, 2.45) is 0 Å². The normalized spacial score (nSPS) is 10.6. The van der Waals surface area contributed by atoms with Crippen molar-refractivity contribution in [2.45, 2.75) is 19.2 Å². The predicted molar refractivity (Wildman–Crippen MR) is 48.9 cm³/mol. The molecular formula is C9H8ClF2NO. The Kier molecular flexibility index (Phi) is 3.52. The number of alkyl halides is 3. The molecule has 0 saturated carbocycles. The van der Waals surface area contributed by atoms with Crippen LogP contribution < -0.4 is 0 Å². The Morgan fingerprint density at radius 3 is 2.71 bits per heavy atom. The largest absolute Gasteiger partial charge is 0.298 e. The molecule has 0 aromatic carbocycles. The maximum atomic E-state index is 12.3. The fraction of sp³-hybridized carbons (Fsp3) is 0.333. The van der Waals surface area contributed by atoms with E-state index in [1.165, 1.54) is 6.07 Å². The van der Waals surface area contributed by atoms with E-state index in [-0.39, 0.29) is 17.3 Å². The quantitative estimate of drug-likeness (QED) is 0.578. The smallest absolute Gasteiger partial charge is 0.280 e. The Bertz CT molecular complexity index is 355. The Hall–Kier alpha value is -1.03. The van der Waals surface area contributed by atoms with Gasteiger partial charge in [-0.05, 0) is 18.6 Å². The SMILES string of the molecule is Cc1cc(C(F)F)nc(CCl)c1C=O. The summed E-state index contributed by atoms with van der Waals surface area (Å²) in [4.78, 5) is 14.2. The van der Waals surface area contributed by atoms with Crippen molar-refractivity contribution >= 4 is 17.9 Å². The van der Waals surface area contributed by atoms with Crippen LogP contribution in [0.3, 0.4) is 0 Å². The zero-order valence-electron chi connectivity index (χ0n) is 7.43. The Morgan fingerprint density at radius 2 is 2.29 bits per heavy atom. The van der Waals surface area contributed by atoms with Crippen LogP contribution in [-0.2, 0) is 5.88 Å². The Labute approximate surface area is 84.9 Å². The first-order valence-corrected chi connectivity index (χ1v) is 4.43. The van der Waals surface area contributed by atoms with Crippen LogP contribution >= 0.6 is 11.6 Å². The summed E-state index contributed by atoms with van der Waals surface area (Å²) in [5, 5.41) is 0. The number of nitrogens with zero attached hydrogens (tertiary/aromatic N) is 1. The second kappa shape index (κ2) is 4.46. The van der Waals surface area contributed by atoms with Crippen molar-refractivity contribution in [3.8, 4) is 0 Å². The molecule has 0 amide bonds. The average Bonchev–Trinajstić information content (AvgIpc) is 2.16. The molecule has 0 fully saturated rings. The number of carbonyl (C=O) groups excluding carboxylic acids is 1. The number of pyridine rings is 1. The van der Waals surface area contributed by atoms with Crippen LogP contribution in [0.4, 0.5) is 8.78 Å². The number of hydrogen-bond donors (Lipinski definition) is 0. The highest BCUT2D eigenvalue weighted by Gasteiger charge is 2.14. The molecule has 0 atom stereocenters. The molecule has 0 radical (unpaired) electrons. The molecule has 0 aliphatic rings. The zero-order valence-corrected chi connectivity index (χ0v) is 8.18. The fourth-order valence-electron chi connectivity index (χ4n) is 1.15. The van der Waals surface area contributed by atoms with Crippen molar-refractivity contribution in [1.29, 1.82) is 0 Å². The van der Waals surface area contributed by atoms with Gasteiger partial charge in [-0.15, -0.1) is 11.6 Å². The lowest BCUT2D eigenvalue weighted by Crippen LogP contribution is -2.02. The summed E-state index contributed by atoms with van der Waals surface area (Å²) >= 11 is 5.49. The fourth-order valence-corrected chi connectivity index (χ4v) is 1.35. The van der Waals surface area contributed by atoms with E-state index in [4.69, 9.17) is 11.6 Å². The van der Waals surface area contributed by atoms with Gasteiger partial charge in [-0.1, -0.05) is 0 Å². The van der Waals surface area contributed by atoms with Gasteiger partial charge in [-0.25, -0.2) is 13.8 Å². The van der Waals surface area contributed by atoms with Gasteiger partial charge in [0, 0.05) is 5.56 Å². The standard InChI is InChI=1S/C9H8ClF2NO/c1-5-2-7(9(11)12)13-8(3-10)6(5)4-14/h2,4,9H,3H2,1H3. The highest BCUT2D eigenvalue weighted by molar-refractivity contribution is 6.17. The number of aldehydes is 1. The lowest BCUT2D eigenvalue weighted by atomic mass is 10.1. The molecule has 0 aliphatic heterocycles. The highest BCUT2D eigenvalue weighted by atomic mass is 35.5. The van der Waals surface area contributed by atoms with Crippen LogP contribution in [0.5, 0.6) is 0 Å². The molecule has 0 aliphatic carbocycles. The van der Waals surface area contributed by atoms with E-state index >= 15 is 0 Å². The first-order valence-electron chi connectivity index (χ1n) is 3.89. The lowest BCUT2D eigenvalue weighted by Gasteiger charge is -2.07. The van der Waals surface area contributed by atoms with Crippen molar-refractivity contribution < 1.29 is 13.6 Å². The van der Waals surface area contributed by atoms with Crippen molar-refractivity contribution in [1.82, 2.24) is 4.98 Å². The van der Waals surface area contributed by atoms with E-state index in [2.05, 4.69) is 4.98 Å². The summed E-state index contributed by atoms with van der Waals surface area (Å²) in [6.07, 6.45) is -2.06. The number of hydrogen-bond acceptors (Lipinski definition) is 2. The lowest BCUT2D eigenvalue weighted by molar-refractivity contribution is 0.112. The van der Waals surface area contributed by atoms with E-state index in [0.29, 0.717) is 17.4 Å². The van der Waals surface area contributed by atoms with Crippen LogP contribution in [0.1, 0.15) is 33.7 Å². The summed E-state index contributed by atoms with van der Waals surface area (Å²) in [5.41, 5.74) is 0.631. The second-order valence-corrected chi connectivity index (χ2v) is 3.04. The molecule has 0 unspecified atom stereocenters. The van der Waals surface area contributed by atoms with Crippen LogP contribution in [0.15, 0.2) is 6.07 Å². The molecule has 76 valence electrons. The third-order valence-corrected chi connectivity index (χ3v) is 2.09. The van der Waals surface area contributed by atoms with Gasteiger partial charge in [-0.2, -0.15) is 0 Å². The molecule has 2 nitrogen and oxygen atoms in total. The zero-order chi connectivity index (χ0) is 10.7. The number of rotatable bonds is 3. The number of aromatic nitrogens is 1. The molecule has 0 saturated heterocycles. The maximum absolute atomic E-state index is 12.3. The molecule has 0 N–H and O–H groups in total. The van der Waals surface area contributed by atoms with Gasteiger partial charge in [0.15, 0.2) is 6.29 Å². The number of aryl methyl sites for hydroxylation is 1. The van der Waals surface area contributed by atoms with E-state index < -0.39 is 6.43 Å². The van der Waals surface area contributed by atoms with Gasteiger partial charge in [0.25, 0.3) is 6.43 Å². The number of halogens is 3. The van der Waals surface area contributed by atoms with Crippen molar-refractivity contribution in [2.75, 3.05) is 0 Å². The average molecular weight is 220 g/mol. The Balaban J connectivity index is 3.31. The van der Waals surface area contributed by atoms with Gasteiger partial charge >= 0.3 is 0 Å². The maximum Gasteiger partial charge on any atom is 0.280 e. The van der Waals surface area contributed by atoms with E-state index in [0.717, 1.165) is 0 Å². The molecule has 0 spiro atoms. The predicted octanol–water partition coefficient (Wildman–Crippen LogP) is 2.88. The monoisotopic (exact) mass is 219 g/mol. The van der Waals surface area contributed by atoms with Crippen LogP contribution in [0, 0.1) is 6.92 Å². The molecule has 14 heavy (non-hydrogen) atoms. The minimum absolute atomic E-state index is 0.0462. The third kappa shape index (κ3) is 2.07. The van der Waals surface area contributed by atoms with Crippen molar-refractivity contribution in [3.63, 3.8) is 0 Å². The van der Waals surface area contributed by atoms with E-state index in [9.17, 15) is 13.6 Å².